The molecular weight excluding hydrogens is 747 g/mol. The maximum absolute atomic E-state index is 7.01. The van der Waals surface area contributed by atoms with E-state index in [4.69, 9.17) is 16.0 Å². The molecule has 0 spiro atoms. The van der Waals surface area contributed by atoms with Crippen LogP contribution in [0.3, 0.4) is 0 Å². The van der Waals surface area contributed by atoms with Gasteiger partial charge in [-0.2, -0.15) is 0 Å². The summed E-state index contributed by atoms with van der Waals surface area (Å²) in [6, 6.07) is 49.2. The van der Waals surface area contributed by atoms with Crippen molar-refractivity contribution in [1.82, 2.24) is 0 Å². The third-order valence-corrected chi connectivity index (χ3v) is 14.8. The second-order valence-electron chi connectivity index (χ2n) is 17.8. The van der Waals surface area contributed by atoms with E-state index >= 15 is 0 Å². The maximum Gasteiger partial charge on any atom is 0.249 e. The van der Waals surface area contributed by atoms with Crippen LogP contribution >= 0.6 is 22.9 Å². The number of fused-ring (bicyclic) bond motifs is 9. The Kier molecular flexibility index (Phi) is 7.84. The fraction of sp³-hybridized carbons (Fsp3) is 0.192. The van der Waals surface area contributed by atoms with Crippen LogP contribution in [0.5, 0.6) is 0 Å². The predicted molar refractivity (Wildman–Crippen MR) is 252 cm³/mol. The van der Waals surface area contributed by atoms with Crippen molar-refractivity contribution in [1.29, 1.82) is 0 Å². The molecule has 3 nitrogen and oxygen atoms in total. The zero-order valence-electron chi connectivity index (χ0n) is 33.8. The van der Waals surface area contributed by atoms with Gasteiger partial charge in [-0.3, -0.25) is 0 Å². The highest BCUT2D eigenvalue weighted by molar-refractivity contribution is 7.26. The summed E-state index contributed by atoms with van der Waals surface area (Å²) in [5, 5.41) is 5.57. The van der Waals surface area contributed by atoms with Gasteiger partial charge in [0.25, 0.3) is 0 Å². The van der Waals surface area contributed by atoms with Crippen molar-refractivity contribution >= 4 is 117 Å². The van der Waals surface area contributed by atoms with Crippen LogP contribution in [0.1, 0.15) is 57.2 Å². The highest BCUT2D eigenvalue weighted by atomic mass is 35.5. The highest BCUT2D eigenvalue weighted by Crippen LogP contribution is 2.50. The average molecular weight is 791 g/mol. The number of nitrogens with zero attached hydrogens (tertiary/aromatic N) is 2. The smallest absolute Gasteiger partial charge is 0.249 e. The van der Waals surface area contributed by atoms with Crippen LogP contribution in [-0.4, -0.2) is 13.8 Å². The fourth-order valence-electron chi connectivity index (χ4n) is 10.1. The fourth-order valence-corrected chi connectivity index (χ4v) is 11.6. The summed E-state index contributed by atoms with van der Waals surface area (Å²) in [5.74, 6) is 0. The van der Waals surface area contributed by atoms with Crippen molar-refractivity contribution in [3.8, 4) is 0 Å². The standard InChI is InChI=1S/C52H44BClN2OS/c1-31-21-23-39-44(27-31)56(41-16-12-19-47-49(41)35-14-7-9-18-46(35)57-47)45-30-37-36(51(2,3)25-26-52(37,4)5)29-40(45)53(39)38-24-22-32(54)28-43(38)55(6)42-17-11-15-34-33-13-8-10-20-48(33)58-50(34)42/h7-24,27-30H,25-26H2,1-6H3. The molecule has 11 rings (SSSR count). The molecule has 0 radical (unpaired) electrons. The van der Waals surface area contributed by atoms with Gasteiger partial charge in [-0.05, 0) is 118 Å². The molecule has 6 heteroatoms. The number of rotatable bonds is 4. The number of hydrogen-bond donors (Lipinski definition) is 0. The summed E-state index contributed by atoms with van der Waals surface area (Å²) in [6.45, 7) is 11.9. The van der Waals surface area contributed by atoms with Gasteiger partial charge in [-0.15, -0.1) is 11.3 Å². The van der Waals surface area contributed by atoms with Crippen molar-refractivity contribution in [3.05, 3.63) is 155 Å². The number of halogens is 1. The summed E-state index contributed by atoms with van der Waals surface area (Å²) in [4.78, 5) is 4.93. The van der Waals surface area contributed by atoms with E-state index in [1.54, 1.807) is 0 Å². The third-order valence-electron chi connectivity index (χ3n) is 13.3. The number of thiophene rings is 1. The lowest BCUT2D eigenvalue weighted by Gasteiger charge is -2.45. The third kappa shape index (κ3) is 5.26. The SMILES string of the molecule is Cc1ccc2c(c1)N(c1cccc3oc4ccccc4c13)c1cc3c(cc1B2c1ccc(Cl)cc1N(C)c1cccc2c1sc1ccccc12)C(C)(C)CCC3(C)C. The average Bonchev–Trinajstić information content (AvgIpc) is 3.80. The zero-order chi connectivity index (χ0) is 39.7. The first kappa shape index (κ1) is 35.7. The van der Waals surface area contributed by atoms with Gasteiger partial charge in [0, 0.05) is 50.0 Å². The van der Waals surface area contributed by atoms with Crippen LogP contribution in [0.15, 0.2) is 138 Å². The van der Waals surface area contributed by atoms with E-state index in [1.807, 2.05) is 11.3 Å². The zero-order valence-corrected chi connectivity index (χ0v) is 35.4. The molecule has 0 amide bonds. The molecule has 2 aromatic heterocycles. The number of furan rings is 1. The molecule has 0 unspecified atom stereocenters. The molecule has 0 N–H and O–H groups in total. The Bertz CT molecular complexity index is 3160. The molecule has 284 valence electrons. The van der Waals surface area contributed by atoms with E-state index in [2.05, 4.69) is 185 Å². The van der Waals surface area contributed by atoms with E-state index in [0.29, 0.717) is 0 Å². The Morgan fingerprint density at radius 2 is 1.29 bits per heavy atom. The summed E-state index contributed by atoms with van der Waals surface area (Å²) >= 11 is 8.87. The van der Waals surface area contributed by atoms with Gasteiger partial charge in [0.2, 0.25) is 6.71 Å². The lowest BCUT2D eigenvalue weighted by molar-refractivity contribution is 0.332. The molecule has 1 aliphatic carbocycles. The van der Waals surface area contributed by atoms with Gasteiger partial charge >= 0.3 is 0 Å². The van der Waals surface area contributed by atoms with Gasteiger partial charge in [0.1, 0.15) is 11.2 Å². The van der Waals surface area contributed by atoms with Gasteiger partial charge in [-0.1, -0.05) is 118 Å². The van der Waals surface area contributed by atoms with Gasteiger partial charge in [0.05, 0.1) is 21.5 Å². The minimum absolute atomic E-state index is 0.0247. The lowest BCUT2D eigenvalue weighted by Crippen LogP contribution is -2.58. The number of para-hydroxylation sites is 1. The topological polar surface area (TPSA) is 19.6 Å². The molecular formula is C52H44BClN2OS. The maximum atomic E-state index is 7.01. The van der Waals surface area contributed by atoms with Gasteiger partial charge in [0.15, 0.2) is 0 Å². The van der Waals surface area contributed by atoms with Gasteiger partial charge < -0.3 is 14.2 Å². The molecule has 0 fully saturated rings. The Labute approximate surface area is 349 Å². The van der Waals surface area contributed by atoms with E-state index in [-0.39, 0.29) is 17.5 Å². The Balaban J connectivity index is 1.21. The predicted octanol–water partition coefficient (Wildman–Crippen LogP) is 13.3. The van der Waals surface area contributed by atoms with Crippen LogP contribution in [0.25, 0.3) is 42.1 Å². The second kappa shape index (κ2) is 12.8. The van der Waals surface area contributed by atoms with E-state index < -0.39 is 0 Å². The van der Waals surface area contributed by atoms with E-state index in [0.717, 1.165) is 51.2 Å². The van der Waals surface area contributed by atoms with Crippen molar-refractivity contribution < 1.29 is 4.42 Å². The van der Waals surface area contributed by atoms with Gasteiger partial charge in [-0.25, -0.2) is 0 Å². The van der Waals surface area contributed by atoms with Crippen LogP contribution < -0.4 is 26.2 Å². The Morgan fingerprint density at radius 3 is 2.12 bits per heavy atom. The van der Waals surface area contributed by atoms with Crippen molar-refractivity contribution in [2.75, 3.05) is 16.8 Å². The Hall–Kier alpha value is -5.49. The van der Waals surface area contributed by atoms with Crippen LogP contribution in [0, 0.1) is 6.92 Å². The molecule has 2 aliphatic rings. The summed E-state index contributed by atoms with van der Waals surface area (Å²) in [7, 11) is 2.21. The van der Waals surface area contributed by atoms with Crippen molar-refractivity contribution in [3.63, 3.8) is 0 Å². The molecule has 9 aromatic rings. The first-order valence-electron chi connectivity index (χ1n) is 20.4. The quantitative estimate of drug-likeness (QED) is 0.166. The minimum atomic E-state index is -0.0652. The monoisotopic (exact) mass is 790 g/mol. The normalized spacial score (nSPS) is 15.6. The number of benzene rings is 7. The molecule has 3 heterocycles. The van der Waals surface area contributed by atoms with E-state index in [1.165, 1.54) is 70.3 Å². The highest BCUT2D eigenvalue weighted by Gasteiger charge is 2.43. The minimum Gasteiger partial charge on any atom is -0.456 e. The summed E-state index contributed by atoms with van der Waals surface area (Å²) < 4.78 is 9.10. The molecule has 0 bridgehead atoms. The van der Waals surface area contributed by atoms with Crippen molar-refractivity contribution in [2.24, 2.45) is 0 Å². The summed E-state index contributed by atoms with van der Waals surface area (Å²) in [5.41, 5.74) is 15.6. The molecule has 1 aliphatic heterocycles. The van der Waals surface area contributed by atoms with E-state index in [9.17, 15) is 0 Å². The number of hydrogen-bond acceptors (Lipinski definition) is 4. The lowest BCUT2D eigenvalue weighted by atomic mass is 9.34. The summed E-state index contributed by atoms with van der Waals surface area (Å²) in [6.07, 6.45) is 2.28. The Morgan fingerprint density at radius 1 is 0.621 bits per heavy atom. The van der Waals surface area contributed by atoms with Crippen LogP contribution in [-0.2, 0) is 10.8 Å². The van der Waals surface area contributed by atoms with Crippen LogP contribution in [0.4, 0.5) is 28.4 Å². The first-order valence-corrected chi connectivity index (χ1v) is 21.6. The van der Waals surface area contributed by atoms with Crippen LogP contribution in [0.2, 0.25) is 5.02 Å². The van der Waals surface area contributed by atoms with Crippen molar-refractivity contribution in [2.45, 2.75) is 58.3 Å². The molecule has 7 aromatic carbocycles. The molecule has 0 saturated heterocycles. The number of anilines is 5. The molecule has 0 atom stereocenters. The number of aryl methyl sites for hydroxylation is 1. The molecule has 0 saturated carbocycles. The first-order chi connectivity index (χ1) is 28.0. The largest absolute Gasteiger partial charge is 0.456 e. The molecule has 58 heavy (non-hydrogen) atoms. The second-order valence-corrected chi connectivity index (χ2v) is 19.3.